The van der Waals surface area contributed by atoms with Gasteiger partial charge in [-0.2, -0.15) is 35.1 Å². The fourth-order valence-electron chi connectivity index (χ4n) is 2.80. The summed E-state index contributed by atoms with van der Waals surface area (Å²) in [5.41, 5.74) is -9.70. The molecule has 0 aliphatic heterocycles. The maximum atomic E-state index is 13.4. The van der Waals surface area contributed by atoms with Crippen LogP contribution in [-0.2, 0) is 4.79 Å². The summed E-state index contributed by atoms with van der Waals surface area (Å²) in [5, 5.41) is -1.90. The Hall–Kier alpha value is 0.190. The van der Waals surface area contributed by atoms with Crippen molar-refractivity contribution in [2.24, 2.45) is 11.8 Å². The summed E-state index contributed by atoms with van der Waals surface area (Å²) < 4.78 is 107. The van der Waals surface area contributed by atoms with Gasteiger partial charge in [-0.05, 0) is 59.2 Å². The van der Waals surface area contributed by atoms with Gasteiger partial charge in [0.15, 0.2) is 0 Å². The third kappa shape index (κ3) is 3.47. The van der Waals surface area contributed by atoms with Crippen LogP contribution in [0, 0.1) is 11.8 Å². The van der Waals surface area contributed by atoms with Gasteiger partial charge in [-0.15, -0.1) is 0 Å². The fraction of sp³-hybridized carbons (Fsp3) is 0.909. The first-order valence-electron chi connectivity index (χ1n) is 6.39. The predicted molar refractivity (Wildman–Crippen MR) is 74.3 cm³/mol. The highest BCUT2D eigenvalue weighted by atomic mass is 35.5. The molecule has 0 amide bonds. The molecular weight excluding hydrogens is 474 g/mol. The molecular formula is C11H8Cl4F8O3. The van der Waals surface area contributed by atoms with Gasteiger partial charge >= 0.3 is 21.5 Å². The minimum Gasteiger partial charge on any atom is -0.376 e. The van der Waals surface area contributed by atoms with Gasteiger partial charge in [0.05, 0.1) is 11.8 Å². The number of ketones is 1. The molecule has 1 aliphatic carbocycles. The molecule has 0 aromatic carbocycles. The van der Waals surface area contributed by atoms with Gasteiger partial charge in [0, 0.05) is 0 Å². The average molecular weight is 482 g/mol. The predicted octanol–water partition coefficient (Wildman–Crippen LogP) is 4.37. The van der Waals surface area contributed by atoms with Crippen LogP contribution in [-0.4, -0.2) is 48.7 Å². The van der Waals surface area contributed by atoms with Crippen molar-refractivity contribution in [2.75, 3.05) is 0 Å². The number of alkyl halides is 12. The second-order valence-corrected chi connectivity index (χ2v) is 7.51. The number of carbonyl (C=O) groups excluding carboxylic acids is 1. The van der Waals surface area contributed by atoms with Crippen LogP contribution >= 0.6 is 46.4 Å². The fourth-order valence-corrected chi connectivity index (χ4v) is 3.90. The van der Waals surface area contributed by atoms with Gasteiger partial charge in [-0.25, -0.2) is 0 Å². The summed E-state index contributed by atoms with van der Waals surface area (Å²) >= 11 is 17.6. The van der Waals surface area contributed by atoms with Crippen LogP contribution in [0.5, 0.6) is 0 Å². The SMILES string of the molecule is O=C1[C@H](C(O)(C(F)(F)Cl)C(F)(F)Cl)CC[C@H]1C(O)(C(F)(F)Cl)C(F)(F)Cl. The van der Waals surface area contributed by atoms with E-state index in [-0.39, 0.29) is 0 Å². The minimum absolute atomic E-state index is 1.28. The summed E-state index contributed by atoms with van der Waals surface area (Å²) in [6, 6.07) is 0. The Morgan fingerprint density at radius 2 is 0.846 bits per heavy atom. The Bertz CT molecular complexity index is 490. The van der Waals surface area contributed by atoms with Crippen molar-refractivity contribution in [1.29, 1.82) is 0 Å². The molecule has 0 aromatic rings. The summed E-state index contributed by atoms with van der Waals surface area (Å²) in [7, 11) is 0. The van der Waals surface area contributed by atoms with Gasteiger partial charge in [0.1, 0.15) is 5.78 Å². The molecule has 0 bridgehead atoms. The number of hydrogen-bond donors (Lipinski definition) is 2. The molecule has 15 heteroatoms. The highest BCUT2D eigenvalue weighted by Gasteiger charge is 2.78. The lowest BCUT2D eigenvalue weighted by atomic mass is 9.80. The second kappa shape index (κ2) is 6.62. The Labute approximate surface area is 160 Å². The van der Waals surface area contributed by atoms with Gasteiger partial charge in [0.25, 0.3) is 0 Å². The molecule has 0 radical (unpaired) electrons. The van der Waals surface area contributed by atoms with Crippen molar-refractivity contribution in [1.82, 2.24) is 0 Å². The molecule has 154 valence electrons. The summed E-state index contributed by atoms with van der Waals surface area (Å²) in [6.45, 7) is 0. The summed E-state index contributed by atoms with van der Waals surface area (Å²) in [5.74, 6) is -8.23. The minimum atomic E-state index is -5.29. The quantitative estimate of drug-likeness (QED) is 0.437. The number of Topliss-reactive ketones (excluding diaryl/α,β-unsaturated/α-hetero) is 1. The average Bonchev–Trinajstić information content (AvgIpc) is 2.73. The first kappa shape index (κ1) is 24.2. The Kier molecular flexibility index (Phi) is 6.17. The van der Waals surface area contributed by atoms with Crippen LogP contribution in [0.1, 0.15) is 12.8 Å². The van der Waals surface area contributed by atoms with E-state index in [4.69, 9.17) is 0 Å². The van der Waals surface area contributed by atoms with E-state index in [0.29, 0.717) is 0 Å². The van der Waals surface area contributed by atoms with Gasteiger partial charge in [-0.1, -0.05) is 0 Å². The molecule has 3 nitrogen and oxygen atoms in total. The molecule has 1 fully saturated rings. The molecule has 0 spiro atoms. The lowest BCUT2D eigenvalue weighted by Gasteiger charge is -2.41. The Morgan fingerprint density at radius 3 is 1.00 bits per heavy atom. The molecule has 0 saturated heterocycles. The zero-order valence-corrected chi connectivity index (χ0v) is 14.9. The van der Waals surface area contributed by atoms with E-state index in [1.807, 2.05) is 0 Å². The monoisotopic (exact) mass is 480 g/mol. The number of carbonyl (C=O) groups is 1. The Morgan fingerprint density at radius 1 is 0.654 bits per heavy atom. The highest BCUT2D eigenvalue weighted by Crippen LogP contribution is 2.59. The normalized spacial score (nSPS) is 24.3. The van der Waals surface area contributed by atoms with E-state index in [1.165, 1.54) is 0 Å². The molecule has 1 rings (SSSR count). The van der Waals surface area contributed by atoms with Crippen molar-refractivity contribution in [2.45, 2.75) is 45.6 Å². The first-order valence-corrected chi connectivity index (χ1v) is 7.90. The molecule has 1 aliphatic rings. The maximum absolute atomic E-state index is 13.4. The van der Waals surface area contributed by atoms with E-state index in [2.05, 4.69) is 46.4 Å². The molecule has 26 heavy (non-hydrogen) atoms. The lowest BCUT2D eigenvalue weighted by Crippen LogP contribution is -2.65. The third-order valence-corrected chi connectivity index (χ3v) is 5.32. The van der Waals surface area contributed by atoms with Crippen molar-refractivity contribution in [3.8, 4) is 0 Å². The zero-order valence-electron chi connectivity index (χ0n) is 11.9. The van der Waals surface area contributed by atoms with E-state index >= 15 is 0 Å². The molecule has 2 atom stereocenters. The Balaban J connectivity index is 3.50. The largest absolute Gasteiger partial charge is 0.376 e. The maximum Gasteiger partial charge on any atom is 0.357 e. The summed E-state index contributed by atoms with van der Waals surface area (Å²) in [4.78, 5) is 12.1. The van der Waals surface area contributed by atoms with Crippen molar-refractivity contribution in [3.63, 3.8) is 0 Å². The number of aliphatic hydroxyl groups is 2. The number of halogens is 12. The van der Waals surface area contributed by atoms with Crippen LogP contribution in [0.3, 0.4) is 0 Å². The number of hydrogen-bond acceptors (Lipinski definition) is 3. The number of rotatable bonds is 6. The van der Waals surface area contributed by atoms with Crippen molar-refractivity contribution < 1.29 is 50.1 Å². The smallest absolute Gasteiger partial charge is 0.357 e. The molecule has 0 unspecified atom stereocenters. The standard InChI is InChI=1S/C11H8Cl4F8O3/c12-8(16,17)6(25,9(13,18)19)3-1-2-4(5(3)24)7(26,10(14,20)21)11(15,22)23/h3-4,25-26H,1-2H2/t3-,4-/m1/s1. The molecule has 1 saturated carbocycles. The van der Waals surface area contributed by atoms with E-state index in [0.717, 1.165) is 0 Å². The topological polar surface area (TPSA) is 57.5 Å². The van der Waals surface area contributed by atoms with E-state index < -0.39 is 63.2 Å². The molecule has 0 heterocycles. The summed E-state index contributed by atoms with van der Waals surface area (Å²) in [6.07, 6.45) is -2.57. The highest BCUT2D eigenvalue weighted by molar-refractivity contribution is 6.27. The second-order valence-electron chi connectivity index (χ2n) is 5.61. The molecule has 0 aromatic heterocycles. The van der Waals surface area contributed by atoms with Crippen LogP contribution in [0.2, 0.25) is 0 Å². The first-order chi connectivity index (χ1) is 11.1. The van der Waals surface area contributed by atoms with Crippen molar-refractivity contribution in [3.05, 3.63) is 0 Å². The third-order valence-electron chi connectivity index (χ3n) is 4.17. The van der Waals surface area contributed by atoms with Crippen molar-refractivity contribution >= 4 is 52.2 Å². The van der Waals surface area contributed by atoms with Gasteiger partial charge in [-0.3, -0.25) is 4.79 Å². The lowest BCUT2D eigenvalue weighted by molar-refractivity contribution is -0.247. The van der Waals surface area contributed by atoms with Crippen LogP contribution < -0.4 is 0 Å². The van der Waals surface area contributed by atoms with Gasteiger partial charge < -0.3 is 10.2 Å². The van der Waals surface area contributed by atoms with E-state index in [9.17, 15) is 50.1 Å². The van der Waals surface area contributed by atoms with Crippen LogP contribution in [0.25, 0.3) is 0 Å². The van der Waals surface area contributed by atoms with E-state index in [1.54, 1.807) is 0 Å². The van der Waals surface area contributed by atoms with Crippen LogP contribution in [0.4, 0.5) is 35.1 Å². The molecule has 2 N–H and O–H groups in total. The van der Waals surface area contributed by atoms with Gasteiger partial charge in [0.2, 0.25) is 11.2 Å². The van der Waals surface area contributed by atoms with Crippen LogP contribution in [0.15, 0.2) is 0 Å². The zero-order chi connectivity index (χ0) is 21.1.